The van der Waals surface area contributed by atoms with Crippen LogP contribution in [0.3, 0.4) is 0 Å². The van der Waals surface area contributed by atoms with Crippen molar-refractivity contribution in [2.75, 3.05) is 10.6 Å². The average Bonchev–Trinajstić information content (AvgIpc) is 2.65. The molecule has 0 aliphatic heterocycles. The van der Waals surface area contributed by atoms with Gasteiger partial charge in [-0.15, -0.1) is 0 Å². The van der Waals surface area contributed by atoms with Crippen molar-refractivity contribution in [1.82, 2.24) is 0 Å². The zero-order valence-electron chi connectivity index (χ0n) is 15.1. The van der Waals surface area contributed by atoms with Crippen molar-refractivity contribution in [1.29, 1.82) is 5.26 Å². The number of nitriles is 1. The van der Waals surface area contributed by atoms with Crippen LogP contribution in [0.2, 0.25) is 0 Å². The van der Waals surface area contributed by atoms with Gasteiger partial charge in [0.1, 0.15) is 17.4 Å². The summed E-state index contributed by atoms with van der Waals surface area (Å²) in [4.78, 5) is 12.6. The van der Waals surface area contributed by atoms with Crippen LogP contribution < -0.4 is 10.6 Å². The fourth-order valence-corrected chi connectivity index (χ4v) is 2.93. The van der Waals surface area contributed by atoms with Crippen LogP contribution in [0.15, 0.2) is 66.4 Å². The fourth-order valence-electron chi connectivity index (χ4n) is 2.93. The second-order valence-electron chi connectivity index (χ2n) is 6.21. The Balaban J connectivity index is 1.87. The minimum Gasteiger partial charge on any atom is -0.507 e. The number of aryl methyl sites for hydroxylation is 2. The first-order valence-electron chi connectivity index (χ1n) is 8.46. The van der Waals surface area contributed by atoms with Crippen LogP contribution in [0.4, 0.5) is 11.4 Å². The molecule has 0 aliphatic carbocycles. The molecule has 3 rings (SSSR count). The lowest BCUT2D eigenvalue weighted by atomic mass is 10.1. The van der Waals surface area contributed by atoms with E-state index in [1.807, 2.05) is 38.1 Å². The molecule has 0 saturated heterocycles. The largest absolute Gasteiger partial charge is 0.507 e. The smallest absolute Gasteiger partial charge is 0.267 e. The van der Waals surface area contributed by atoms with Crippen LogP contribution in [0, 0.1) is 25.2 Å². The summed E-state index contributed by atoms with van der Waals surface area (Å²) in [5.74, 6) is -0.386. The van der Waals surface area contributed by atoms with Crippen LogP contribution in [-0.2, 0) is 4.79 Å². The Morgan fingerprint density at radius 3 is 2.33 bits per heavy atom. The van der Waals surface area contributed by atoms with Gasteiger partial charge in [0, 0.05) is 28.3 Å². The topological polar surface area (TPSA) is 85.2 Å². The zero-order valence-corrected chi connectivity index (χ0v) is 15.1. The molecule has 0 aliphatic rings. The van der Waals surface area contributed by atoms with Crippen LogP contribution in [-0.4, -0.2) is 11.0 Å². The van der Waals surface area contributed by atoms with Crippen molar-refractivity contribution in [3.63, 3.8) is 0 Å². The number of hydrogen-bond donors (Lipinski definition) is 3. The quantitative estimate of drug-likeness (QED) is 0.470. The third-order valence-corrected chi connectivity index (χ3v) is 4.35. The number of benzene rings is 3. The molecule has 0 heterocycles. The summed E-state index contributed by atoms with van der Waals surface area (Å²) in [6.45, 7) is 3.91. The SMILES string of the molecule is Cc1cccc(C)c1N/C=C(/C#N)C(=O)Nc1cccc2c(O)cccc12. The van der Waals surface area contributed by atoms with Gasteiger partial charge in [-0.3, -0.25) is 4.79 Å². The first-order valence-corrected chi connectivity index (χ1v) is 8.46. The second kappa shape index (κ2) is 7.63. The molecule has 3 aromatic rings. The molecular weight excluding hydrogens is 338 g/mol. The monoisotopic (exact) mass is 357 g/mol. The Morgan fingerprint density at radius 2 is 1.63 bits per heavy atom. The summed E-state index contributed by atoms with van der Waals surface area (Å²) < 4.78 is 0. The highest BCUT2D eigenvalue weighted by Crippen LogP contribution is 2.30. The van der Waals surface area contributed by atoms with Gasteiger partial charge in [0.05, 0.1) is 0 Å². The number of phenolic OH excluding ortho intramolecular Hbond substituents is 1. The van der Waals surface area contributed by atoms with Gasteiger partial charge in [0.2, 0.25) is 0 Å². The van der Waals surface area contributed by atoms with Crippen molar-refractivity contribution in [2.24, 2.45) is 0 Å². The van der Waals surface area contributed by atoms with E-state index in [4.69, 9.17) is 0 Å². The lowest BCUT2D eigenvalue weighted by molar-refractivity contribution is -0.112. The van der Waals surface area contributed by atoms with E-state index < -0.39 is 5.91 Å². The van der Waals surface area contributed by atoms with Crippen molar-refractivity contribution in [2.45, 2.75) is 13.8 Å². The van der Waals surface area contributed by atoms with Crippen molar-refractivity contribution < 1.29 is 9.90 Å². The van der Waals surface area contributed by atoms with Gasteiger partial charge in [-0.2, -0.15) is 5.26 Å². The molecule has 0 fully saturated rings. The molecule has 0 radical (unpaired) electrons. The minimum atomic E-state index is -0.521. The Morgan fingerprint density at radius 1 is 1.00 bits per heavy atom. The van der Waals surface area contributed by atoms with Crippen LogP contribution in [0.1, 0.15) is 11.1 Å². The molecule has 0 aromatic heterocycles. The summed E-state index contributed by atoms with van der Waals surface area (Å²) in [7, 11) is 0. The molecule has 134 valence electrons. The Kier molecular flexibility index (Phi) is 5.09. The normalized spacial score (nSPS) is 11.1. The summed E-state index contributed by atoms with van der Waals surface area (Å²) in [6.07, 6.45) is 1.41. The van der Waals surface area contributed by atoms with E-state index in [2.05, 4.69) is 10.6 Å². The molecule has 3 aromatic carbocycles. The number of rotatable bonds is 4. The van der Waals surface area contributed by atoms with Gasteiger partial charge < -0.3 is 15.7 Å². The summed E-state index contributed by atoms with van der Waals surface area (Å²) in [6, 6.07) is 18.1. The van der Waals surface area contributed by atoms with Gasteiger partial charge >= 0.3 is 0 Å². The maximum Gasteiger partial charge on any atom is 0.267 e. The Bertz CT molecular complexity index is 1070. The van der Waals surface area contributed by atoms with E-state index in [0.717, 1.165) is 16.8 Å². The number of aromatic hydroxyl groups is 1. The first kappa shape index (κ1) is 18.0. The van der Waals surface area contributed by atoms with Gasteiger partial charge in [-0.05, 0) is 37.1 Å². The molecule has 5 heteroatoms. The summed E-state index contributed by atoms with van der Waals surface area (Å²) in [5, 5.41) is 26.5. The molecule has 0 saturated carbocycles. The minimum absolute atomic E-state index is 0.0465. The molecule has 5 nitrogen and oxygen atoms in total. The fraction of sp³-hybridized carbons (Fsp3) is 0.0909. The maximum absolute atomic E-state index is 12.6. The number of carbonyl (C=O) groups is 1. The molecular formula is C22H19N3O2. The summed E-state index contributed by atoms with van der Waals surface area (Å²) in [5.41, 5.74) is 3.39. The van der Waals surface area contributed by atoms with E-state index >= 15 is 0 Å². The van der Waals surface area contributed by atoms with Crippen molar-refractivity contribution in [3.05, 3.63) is 77.5 Å². The number of phenols is 1. The van der Waals surface area contributed by atoms with E-state index in [1.165, 1.54) is 6.20 Å². The number of nitrogens with zero attached hydrogens (tertiary/aromatic N) is 1. The highest BCUT2D eigenvalue weighted by atomic mass is 16.3. The predicted octanol–water partition coefficient (Wildman–Crippen LogP) is 4.62. The predicted molar refractivity (Wildman–Crippen MR) is 107 cm³/mol. The Hall–Kier alpha value is -3.78. The molecule has 0 atom stereocenters. The lowest BCUT2D eigenvalue weighted by Gasteiger charge is -2.11. The molecule has 0 bridgehead atoms. The van der Waals surface area contributed by atoms with Crippen molar-refractivity contribution >= 4 is 28.1 Å². The van der Waals surface area contributed by atoms with Gasteiger partial charge in [-0.1, -0.05) is 42.5 Å². The number of hydrogen-bond acceptors (Lipinski definition) is 4. The van der Waals surface area contributed by atoms with E-state index in [9.17, 15) is 15.2 Å². The highest BCUT2D eigenvalue weighted by molar-refractivity contribution is 6.11. The van der Waals surface area contributed by atoms with Crippen LogP contribution >= 0.6 is 0 Å². The highest BCUT2D eigenvalue weighted by Gasteiger charge is 2.12. The third kappa shape index (κ3) is 3.75. The van der Waals surface area contributed by atoms with E-state index in [-0.39, 0.29) is 11.3 Å². The number of para-hydroxylation sites is 1. The van der Waals surface area contributed by atoms with E-state index in [1.54, 1.807) is 36.4 Å². The van der Waals surface area contributed by atoms with Crippen LogP contribution in [0.5, 0.6) is 5.75 Å². The molecule has 27 heavy (non-hydrogen) atoms. The standard InChI is InChI=1S/C22H19N3O2/c1-14-6-3-7-15(2)21(14)24-13-16(12-23)22(27)25-19-10-4-9-18-17(19)8-5-11-20(18)26/h3-11,13,24,26H,1-2H3,(H,25,27)/b16-13-. The van der Waals surface area contributed by atoms with E-state index in [0.29, 0.717) is 16.5 Å². The number of amides is 1. The second-order valence-corrected chi connectivity index (χ2v) is 6.21. The average molecular weight is 357 g/mol. The number of carbonyl (C=O) groups excluding carboxylic acids is 1. The number of nitrogens with one attached hydrogen (secondary N) is 2. The summed E-state index contributed by atoms with van der Waals surface area (Å²) >= 11 is 0. The van der Waals surface area contributed by atoms with Crippen LogP contribution in [0.25, 0.3) is 10.8 Å². The molecule has 0 unspecified atom stereocenters. The van der Waals surface area contributed by atoms with Gasteiger partial charge in [-0.25, -0.2) is 0 Å². The maximum atomic E-state index is 12.6. The first-order chi connectivity index (χ1) is 13.0. The third-order valence-electron chi connectivity index (χ3n) is 4.35. The Labute approximate surface area is 157 Å². The number of fused-ring (bicyclic) bond motifs is 1. The molecule has 1 amide bonds. The number of anilines is 2. The zero-order chi connectivity index (χ0) is 19.4. The lowest BCUT2D eigenvalue weighted by Crippen LogP contribution is -2.15. The van der Waals surface area contributed by atoms with Gasteiger partial charge in [0.25, 0.3) is 5.91 Å². The van der Waals surface area contributed by atoms with Gasteiger partial charge in [0.15, 0.2) is 0 Å². The molecule has 0 spiro atoms. The molecule has 3 N–H and O–H groups in total. The van der Waals surface area contributed by atoms with Crippen molar-refractivity contribution in [3.8, 4) is 11.8 Å².